The van der Waals surface area contributed by atoms with E-state index in [1.165, 1.54) is 0 Å². The van der Waals surface area contributed by atoms with Gasteiger partial charge in [-0.05, 0) is 0 Å². The number of rotatable bonds is 1. The quantitative estimate of drug-likeness (QED) is 0.503. The summed E-state index contributed by atoms with van der Waals surface area (Å²) in [4.78, 5) is 9.16. The molecule has 0 aromatic heterocycles. The van der Waals surface area contributed by atoms with Crippen LogP contribution in [-0.2, 0) is 28.8 Å². The standard InChI is InChI=1S/HO8Si6/c1-11-3-10-4-13-6-12(2-9)7-14(5-11)8-13/h1H. The van der Waals surface area contributed by atoms with E-state index in [0.29, 0.717) is 0 Å². The van der Waals surface area contributed by atoms with Crippen molar-refractivity contribution in [2.75, 3.05) is 0 Å². The minimum Gasteiger partial charge on any atom is -0.414 e. The van der Waals surface area contributed by atoms with Crippen LogP contribution in [0.4, 0.5) is 0 Å². The van der Waals surface area contributed by atoms with Gasteiger partial charge in [0.1, 0.15) is 0 Å². The second kappa shape index (κ2) is 5.35. The highest BCUT2D eigenvalue weighted by atomic mass is 28.5. The summed E-state index contributed by atoms with van der Waals surface area (Å²) in [5.41, 5.74) is 0. The maximum Gasteiger partial charge on any atom is 0.557 e. The summed E-state index contributed by atoms with van der Waals surface area (Å²) in [6, 6.07) is 0. The van der Waals surface area contributed by atoms with E-state index in [9.17, 15) is 0 Å². The summed E-state index contributed by atoms with van der Waals surface area (Å²) < 4.78 is 35.0. The third-order valence-electron chi connectivity index (χ3n) is 1.01. The van der Waals surface area contributed by atoms with E-state index in [4.69, 9.17) is 33.6 Å². The average Bonchev–Trinajstić information content (AvgIpc) is 2.15. The normalized spacial score (nSPS) is 28.7. The van der Waals surface area contributed by atoms with Crippen LogP contribution in [0.1, 0.15) is 0 Å². The summed E-state index contributed by atoms with van der Waals surface area (Å²) in [6.07, 6.45) is 0. The largest absolute Gasteiger partial charge is 0.557 e. The highest BCUT2D eigenvalue weighted by molar-refractivity contribution is 6.73. The molecule has 14 heavy (non-hydrogen) atoms. The summed E-state index contributed by atoms with van der Waals surface area (Å²) in [5.74, 6) is 0. The first-order valence-corrected chi connectivity index (χ1v) is 9.24. The van der Waals surface area contributed by atoms with Crippen LogP contribution in [0.25, 0.3) is 0 Å². The molecule has 2 bridgehead atoms. The number of fused-ring (bicyclic) bond motifs is 2. The molecule has 0 aliphatic carbocycles. The minimum absolute atomic E-state index is 0.356. The maximum absolute atomic E-state index is 9.16. The summed E-state index contributed by atoms with van der Waals surface area (Å²) in [5, 5.41) is 0. The Hall–Kier alpha value is 0.981. The molecule has 2 saturated heterocycles. The molecule has 0 amide bonds. The van der Waals surface area contributed by atoms with Crippen LogP contribution in [0.5, 0.6) is 0 Å². The molecule has 2 rings (SSSR count). The molecule has 2 heterocycles. The first-order chi connectivity index (χ1) is 6.78. The zero-order chi connectivity index (χ0) is 9.97. The van der Waals surface area contributed by atoms with E-state index < -0.39 is 38.1 Å². The Morgan fingerprint density at radius 2 is 1.86 bits per heavy atom. The van der Waals surface area contributed by atoms with E-state index in [-0.39, 0.29) is 10.0 Å². The van der Waals surface area contributed by atoms with E-state index in [0.717, 1.165) is 0 Å². The van der Waals surface area contributed by atoms with Crippen molar-refractivity contribution in [1.82, 2.24) is 0 Å². The lowest BCUT2D eigenvalue weighted by Crippen LogP contribution is -2.56. The van der Waals surface area contributed by atoms with Crippen LogP contribution in [0.2, 0.25) is 0 Å². The second-order valence-corrected chi connectivity index (χ2v) is 9.73. The van der Waals surface area contributed by atoms with Gasteiger partial charge in [0.2, 0.25) is 10.5 Å². The van der Waals surface area contributed by atoms with Crippen LogP contribution in [-0.4, -0.2) is 63.4 Å². The zero-order valence-electron chi connectivity index (χ0n) is 6.30. The van der Waals surface area contributed by atoms with Gasteiger partial charge >= 0.3 is 48.1 Å². The smallest absolute Gasteiger partial charge is 0.414 e. The van der Waals surface area contributed by atoms with Crippen LogP contribution in [0, 0.1) is 0 Å². The Morgan fingerprint density at radius 1 is 1.07 bits per heavy atom. The third kappa shape index (κ3) is 2.99. The molecule has 0 aromatic rings. The van der Waals surface area contributed by atoms with Gasteiger partial charge in [0.05, 0.1) is 0 Å². The molecule has 0 saturated carbocycles. The highest BCUT2D eigenvalue weighted by Gasteiger charge is 2.47. The van der Waals surface area contributed by atoms with Crippen molar-refractivity contribution >= 4 is 58.6 Å². The molecule has 8 nitrogen and oxygen atoms in total. The van der Waals surface area contributed by atoms with Gasteiger partial charge in [0, 0.05) is 0 Å². The fraction of sp³-hybridized carbons (Fsp3) is 0. The fourth-order valence-electron chi connectivity index (χ4n) is 0.574. The van der Waals surface area contributed by atoms with Gasteiger partial charge < -0.3 is 33.6 Å². The molecule has 2 aliphatic rings. The predicted octanol–water partition coefficient (Wildman–Crippen LogP) is -3.32. The SMILES string of the molecule is O[Si]1O[Si]O[Si]2O[Si](O[Si])O[Si](O1)O2. The monoisotopic (exact) mass is 297 g/mol. The lowest BCUT2D eigenvalue weighted by atomic mass is 15.6. The Labute approximate surface area is 92.5 Å². The summed E-state index contributed by atoms with van der Waals surface area (Å²) >= 11 is 0. The first-order valence-electron chi connectivity index (χ1n) is 3.08. The molecule has 9 radical (unpaired) electrons. The number of hydrogen-bond acceptors (Lipinski definition) is 8. The van der Waals surface area contributed by atoms with Crippen molar-refractivity contribution in [3.8, 4) is 0 Å². The molecule has 1 N–H and O–H groups in total. The van der Waals surface area contributed by atoms with E-state index in [1.807, 2.05) is 0 Å². The zero-order valence-corrected chi connectivity index (χ0v) is 12.3. The van der Waals surface area contributed by atoms with E-state index in [1.54, 1.807) is 0 Å². The van der Waals surface area contributed by atoms with Gasteiger partial charge in [-0.2, -0.15) is 0 Å². The van der Waals surface area contributed by atoms with Gasteiger partial charge in [-0.1, -0.05) is 0 Å². The topological polar surface area (TPSA) is 84.8 Å². The fourth-order valence-corrected chi connectivity index (χ4v) is 9.29. The average molecular weight is 298 g/mol. The molecule has 0 unspecified atom stereocenters. The Bertz CT molecular complexity index is 182. The second-order valence-electron chi connectivity index (χ2n) is 1.81. The molecular formula is HO8Si6. The molecule has 73 valence electrons. The van der Waals surface area contributed by atoms with Gasteiger partial charge in [0.15, 0.2) is 0 Å². The van der Waals surface area contributed by atoms with Crippen LogP contribution in [0.3, 0.4) is 0 Å². The predicted molar refractivity (Wildman–Crippen MR) is 44.3 cm³/mol. The molecule has 2 fully saturated rings. The Balaban J connectivity index is 1.96. The van der Waals surface area contributed by atoms with Crippen molar-refractivity contribution in [2.45, 2.75) is 0 Å². The molecule has 2 aliphatic heterocycles. The molecule has 14 heteroatoms. The van der Waals surface area contributed by atoms with Crippen molar-refractivity contribution in [2.24, 2.45) is 0 Å². The Kier molecular flexibility index (Phi) is 4.38. The van der Waals surface area contributed by atoms with Crippen LogP contribution in [0.15, 0.2) is 0 Å². The molecule has 0 aromatic carbocycles. The minimum atomic E-state index is -2.34. The molecule has 0 atom stereocenters. The third-order valence-corrected chi connectivity index (χ3v) is 9.07. The first kappa shape index (κ1) is 11.5. The highest BCUT2D eigenvalue weighted by Crippen LogP contribution is 2.12. The molecule has 0 spiro atoms. The lowest BCUT2D eigenvalue weighted by Gasteiger charge is -2.29. The van der Waals surface area contributed by atoms with Crippen LogP contribution < -0.4 is 0 Å². The van der Waals surface area contributed by atoms with Gasteiger partial charge in [0.25, 0.3) is 0 Å². The van der Waals surface area contributed by atoms with Crippen LogP contribution >= 0.6 is 0 Å². The van der Waals surface area contributed by atoms with Gasteiger partial charge in [-0.15, -0.1) is 0 Å². The van der Waals surface area contributed by atoms with Gasteiger partial charge in [-0.25, -0.2) is 0 Å². The summed E-state index contributed by atoms with van der Waals surface area (Å²) in [7, 11) is -5.79. The maximum atomic E-state index is 9.16. The number of hydrogen-bond donors (Lipinski definition) is 1. The van der Waals surface area contributed by atoms with Crippen molar-refractivity contribution in [1.29, 1.82) is 0 Å². The van der Waals surface area contributed by atoms with E-state index >= 15 is 0 Å². The van der Waals surface area contributed by atoms with Crippen molar-refractivity contribution in [3.63, 3.8) is 0 Å². The summed E-state index contributed by atoms with van der Waals surface area (Å²) in [6.45, 7) is 0. The van der Waals surface area contributed by atoms with E-state index in [2.05, 4.69) is 10.5 Å². The van der Waals surface area contributed by atoms with Gasteiger partial charge in [-0.3, -0.25) is 0 Å². The van der Waals surface area contributed by atoms with Crippen molar-refractivity contribution in [3.05, 3.63) is 0 Å². The molecular weight excluding hydrogens is 297 g/mol. The Morgan fingerprint density at radius 3 is 2.64 bits per heavy atom. The van der Waals surface area contributed by atoms with Crippen molar-refractivity contribution < 1.29 is 33.6 Å². The lowest BCUT2D eigenvalue weighted by molar-refractivity contribution is 0.116.